The predicted molar refractivity (Wildman–Crippen MR) is 128 cm³/mol. The van der Waals surface area contributed by atoms with Gasteiger partial charge < -0.3 is 14.7 Å². The van der Waals surface area contributed by atoms with Crippen molar-refractivity contribution in [2.75, 3.05) is 32.8 Å². The van der Waals surface area contributed by atoms with Gasteiger partial charge in [0.15, 0.2) is 0 Å². The van der Waals surface area contributed by atoms with Gasteiger partial charge in [-0.3, -0.25) is 4.90 Å². The van der Waals surface area contributed by atoms with Crippen LogP contribution in [0.3, 0.4) is 0 Å². The van der Waals surface area contributed by atoms with E-state index in [4.69, 9.17) is 4.74 Å². The van der Waals surface area contributed by atoms with Crippen LogP contribution in [0, 0.1) is 5.92 Å². The van der Waals surface area contributed by atoms with Crippen molar-refractivity contribution in [3.05, 3.63) is 59.7 Å². The van der Waals surface area contributed by atoms with E-state index in [-0.39, 0.29) is 12.5 Å². The van der Waals surface area contributed by atoms with Gasteiger partial charge in [0.25, 0.3) is 0 Å². The summed E-state index contributed by atoms with van der Waals surface area (Å²) in [4.78, 5) is 29.4. The van der Waals surface area contributed by atoms with Crippen LogP contribution in [-0.2, 0) is 9.53 Å². The maximum atomic E-state index is 13.2. The Kier molecular flexibility index (Phi) is 6.75. The minimum absolute atomic E-state index is 0.0475. The Labute approximate surface area is 196 Å². The van der Waals surface area contributed by atoms with E-state index < -0.39 is 17.6 Å². The van der Waals surface area contributed by atoms with Crippen molar-refractivity contribution in [1.29, 1.82) is 0 Å². The topological polar surface area (TPSA) is 70.1 Å². The summed E-state index contributed by atoms with van der Waals surface area (Å²) in [6.45, 7) is 8.91. The summed E-state index contributed by atoms with van der Waals surface area (Å²) in [6, 6.07) is 16.4. The van der Waals surface area contributed by atoms with Gasteiger partial charge in [0.1, 0.15) is 12.1 Å². The van der Waals surface area contributed by atoms with Gasteiger partial charge in [-0.1, -0.05) is 62.4 Å². The van der Waals surface area contributed by atoms with Crippen LogP contribution in [0.1, 0.15) is 50.7 Å². The van der Waals surface area contributed by atoms with Crippen LogP contribution in [0.4, 0.5) is 4.79 Å². The number of fused-ring (bicyclic) bond motifs is 3. The SMILES string of the molecule is CCN(C(=O)OCC1c2ccccc2-c2ccccc21)C1(C(=O)O)CCN(CC(C)C)CC1. The zero-order valence-corrected chi connectivity index (χ0v) is 19.8. The highest BCUT2D eigenvalue weighted by molar-refractivity contribution is 5.85. The third-order valence-corrected chi connectivity index (χ3v) is 7.09. The number of ether oxygens (including phenoxy) is 1. The molecule has 1 fully saturated rings. The zero-order chi connectivity index (χ0) is 23.6. The zero-order valence-electron chi connectivity index (χ0n) is 19.8. The molecule has 0 spiro atoms. The molecule has 0 radical (unpaired) electrons. The van der Waals surface area contributed by atoms with E-state index in [1.807, 2.05) is 31.2 Å². The quantitative estimate of drug-likeness (QED) is 0.654. The van der Waals surface area contributed by atoms with Gasteiger partial charge in [-0.05, 0) is 47.9 Å². The van der Waals surface area contributed by atoms with E-state index in [2.05, 4.69) is 43.0 Å². The number of rotatable bonds is 7. The largest absolute Gasteiger partial charge is 0.479 e. The van der Waals surface area contributed by atoms with Crippen LogP contribution in [0.5, 0.6) is 0 Å². The van der Waals surface area contributed by atoms with Crippen molar-refractivity contribution in [3.8, 4) is 11.1 Å². The number of hydrogen-bond donors (Lipinski definition) is 1. The molecule has 6 nitrogen and oxygen atoms in total. The molecular weight excluding hydrogens is 416 g/mol. The fourth-order valence-corrected chi connectivity index (χ4v) is 5.50. The molecule has 33 heavy (non-hydrogen) atoms. The van der Waals surface area contributed by atoms with E-state index in [1.54, 1.807) is 0 Å². The number of carbonyl (C=O) groups is 2. The lowest BCUT2D eigenvalue weighted by Crippen LogP contribution is -2.62. The van der Waals surface area contributed by atoms with Gasteiger partial charge in [0.2, 0.25) is 0 Å². The maximum absolute atomic E-state index is 13.2. The molecule has 0 unspecified atom stereocenters. The first kappa shape index (κ1) is 23.3. The molecule has 0 bridgehead atoms. The van der Waals surface area contributed by atoms with E-state index in [0.717, 1.165) is 17.7 Å². The van der Waals surface area contributed by atoms with E-state index in [9.17, 15) is 14.7 Å². The van der Waals surface area contributed by atoms with E-state index in [1.165, 1.54) is 16.0 Å². The maximum Gasteiger partial charge on any atom is 0.410 e. The Hall–Kier alpha value is -2.86. The summed E-state index contributed by atoms with van der Waals surface area (Å²) >= 11 is 0. The molecule has 1 aliphatic carbocycles. The number of amides is 1. The highest BCUT2D eigenvalue weighted by Crippen LogP contribution is 2.44. The van der Waals surface area contributed by atoms with Crippen molar-refractivity contribution in [2.24, 2.45) is 5.92 Å². The van der Waals surface area contributed by atoms with Gasteiger partial charge in [-0.25, -0.2) is 9.59 Å². The van der Waals surface area contributed by atoms with Crippen molar-refractivity contribution < 1.29 is 19.4 Å². The molecule has 176 valence electrons. The first-order valence-corrected chi connectivity index (χ1v) is 12.0. The third kappa shape index (κ3) is 4.36. The minimum Gasteiger partial charge on any atom is -0.479 e. The lowest BCUT2D eigenvalue weighted by Gasteiger charge is -2.45. The highest BCUT2D eigenvalue weighted by Gasteiger charge is 2.49. The summed E-state index contributed by atoms with van der Waals surface area (Å²) < 4.78 is 5.82. The summed E-state index contributed by atoms with van der Waals surface area (Å²) in [7, 11) is 0. The fraction of sp³-hybridized carbons (Fsp3) is 0.481. The summed E-state index contributed by atoms with van der Waals surface area (Å²) in [6.07, 6.45) is 0.277. The molecule has 1 heterocycles. The summed E-state index contributed by atoms with van der Waals surface area (Å²) in [5.74, 6) is -0.470. The van der Waals surface area contributed by atoms with E-state index >= 15 is 0 Å². The lowest BCUT2D eigenvalue weighted by molar-refractivity contribution is -0.154. The first-order chi connectivity index (χ1) is 15.9. The Morgan fingerprint density at radius 1 is 1.06 bits per heavy atom. The Bertz CT molecular complexity index is 965. The number of benzene rings is 2. The first-order valence-electron chi connectivity index (χ1n) is 12.0. The van der Waals surface area contributed by atoms with Gasteiger partial charge in [0, 0.05) is 32.1 Å². The molecule has 2 aromatic carbocycles. The van der Waals surface area contributed by atoms with Crippen molar-refractivity contribution >= 4 is 12.1 Å². The Balaban J connectivity index is 1.50. The number of likely N-dealkylation sites (tertiary alicyclic amines) is 1. The Morgan fingerprint density at radius 2 is 1.61 bits per heavy atom. The number of likely N-dealkylation sites (N-methyl/N-ethyl adjacent to an activating group) is 1. The molecule has 0 saturated carbocycles. The molecular formula is C27H34N2O4. The molecule has 4 rings (SSSR count). The van der Waals surface area contributed by atoms with Crippen molar-refractivity contribution in [2.45, 2.75) is 45.1 Å². The average molecular weight is 451 g/mol. The van der Waals surface area contributed by atoms with Gasteiger partial charge >= 0.3 is 12.1 Å². The van der Waals surface area contributed by atoms with Crippen LogP contribution in [0.2, 0.25) is 0 Å². The summed E-state index contributed by atoms with van der Waals surface area (Å²) in [5.41, 5.74) is 3.40. The smallest absolute Gasteiger partial charge is 0.410 e. The second-order valence-corrected chi connectivity index (χ2v) is 9.58. The number of carbonyl (C=O) groups excluding carboxylic acids is 1. The molecule has 6 heteroatoms. The molecule has 1 aliphatic heterocycles. The average Bonchev–Trinajstić information content (AvgIpc) is 3.12. The number of hydrogen-bond acceptors (Lipinski definition) is 4. The molecule has 1 saturated heterocycles. The second-order valence-electron chi connectivity index (χ2n) is 9.58. The molecule has 0 aromatic heterocycles. The molecule has 2 aliphatic rings. The number of nitrogens with zero attached hydrogens (tertiary/aromatic N) is 2. The predicted octanol–water partition coefficient (Wildman–Crippen LogP) is 4.83. The number of carboxylic acids is 1. The fourth-order valence-electron chi connectivity index (χ4n) is 5.50. The number of aliphatic carboxylic acids is 1. The third-order valence-electron chi connectivity index (χ3n) is 7.09. The minimum atomic E-state index is -1.22. The van der Waals surface area contributed by atoms with Crippen LogP contribution in [0.15, 0.2) is 48.5 Å². The molecule has 1 N–H and O–H groups in total. The highest BCUT2D eigenvalue weighted by atomic mass is 16.6. The van der Waals surface area contributed by atoms with Gasteiger partial charge in [-0.2, -0.15) is 0 Å². The Morgan fingerprint density at radius 3 is 2.09 bits per heavy atom. The number of carboxylic acid groups (broad SMARTS) is 1. The van der Waals surface area contributed by atoms with Gasteiger partial charge in [-0.15, -0.1) is 0 Å². The monoisotopic (exact) mass is 450 g/mol. The molecule has 0 atom stereocenters. The van der Waals surface area contributed by atoms with Crippen LogP contribution >= 0.6 is 0 Å². The van der Waals surface area contributed by atoms with Crippen molar-refractivity contribution in [1.82, 2.24) is 9.80 Å². The normalized spacial score (nSPS) is 17.5. The lowest BCUT2D eigenvalue weighted by atomic mass is 9.85. The van der Waals surface area contributed by atoms with Gasteiger partial charge in [0.05, 0.1) is 0 Å². The standard InChI is InChI=1S/C27H34N2O4/c1-4-29(27(25(30)31)13-15-28(16-14-27)17-19(2)3)26(32)33-18-24-22-11-7-5-9-20(22)21-10-6-8-12-23(21)24/h5-12,19,24H,4,13-18H2,1-3H3,(H,30,31). The van der Waals surface area contributed by atoms with Crippen molar-refractivity contribution in [3.63, 3.8) is 0 Å². The van der Waals surface area contributed by atoms with Crippen LogP contribution in [-0.4, -0.2) is 65.3 Å². The molecule has 1 amide bonds. The van der Waals surface area contributed by atoms with E-state index in [0.29, 0.717) is 38.4 Å². The van der Waals surface area contributed by atoms with Crippen LogP contribution in [0.25, 0.3) is 11.1 Å². The summed E-state index contributed by atoms with van der Waals surface area (Å²) in [5, 5.41) is 10.2. The second kappa shape index (κ2) is 9.56. The molecule has 2 aromatic rings. The van der Waals surface area contributed by atoms with Crippen LogP contribution < -0.4 is 0 Å². The number of piperidine rings is 1.